The van der Waals surface area contributed by atoms with E-state index in [1.165, 1.54) is 11.2 Å². The van der Waals surface area contributed by atoms with Crippen molar-refractivity contribution in [1.82, 2.24) is 14.1 Å². The van der Waals surface area contributed by atoms with E-state index in [0.717, 1.165) is 17.4 Å². The van der Waals surface area contributed by atoms with Crippen LogP contribution in [0.1, 0.15) is 24.7 Å². The molecule has 1 aromatic carbocycles. The highest BCUT2D eigenvalue weighted by molar-refractivity contribution is 7.89. The lowest BCUT2D eigenvalue weighted by atomic mass is 10.1. The van der Waals surface area contributed by atoms with Gasteiger partial charge in [0.05, 0.1) is 11.9 Å². The average molecular weight is 384 g/mol. The van der Waals surface area contributed by atoms with Crippen LogP contribution in [-0.4, -0.2) is 48.2 Å². The van der Waals surface area contributed by atoms with Crippen LogP contribution >= 0.6 is 0 Å². The lowest BCUT2D eigenvalue weighted by molar-refractivity contribution is 0.0541. The van der Waals surface area contributed by atoms with Gasteiger partial charge < -0.3 is 4.90 Å². The van der Waals surface area contributed by atoms with E-state index in [9.17, 15) is 17.2 Å². The monoisotopic (exact) mass is 384 g/mol. The average Bonchev–Trinajstić information content (AvgIpc) is 2.98. The molecule has 1 aliphatic heterocycles. The van der Waals surface area contributed by atoms with Crippen LogP contribution in [0.3, 0.4) is 0 Å². The molecule has 2 heterocycles. The van der Waals surface area contributed by atoms with Crippen molar-refractivity contribution in [2.45, 2.75) is 38.3 Å². The van der Waals surface area contributed by atoms with Gasteiger partial charge in [-0.2, -0.15) is 18.2 Å². The third kappa shape index (κ3) is 3.33. The van der Waals surface area contributed by atoms with E-state index in [2.05, 4.69) is 10.00 Å². The molecular weight excluding hydrogens is 362 g/mol. The molecule has 1 aromatic heterocycles. The third-order valence-corrected chi connectivity index (χ3v) is 6.73. The molecule has 0 N–H and O–H groups in total. The zero-order valence-electron chi connectivity index (χ0n) is 14.9. The first kappa shape index (κ1) is 18.8. The smallest absolute Gasteiger partial charge is 0.333 e. The molecular formula is C17H22F2N4O2S. The first-order chi connectivity index (χ1) is 12.2. The molecule has 142 valence electrons. The Morgan fingerprint density at radius 3 is 2.35 bits per heavy atom. The molecule has 1 aliphatic rings. The predicted octanol–water partition coefficient (Wildman–Crippen LogP) is 2.79. The van der Waals surface area contributed by atoms with Gasteiger partial charge in [0, 0.05) is 31.4 Å². The Morgan fingerprint density at radius 1 is 1.15 bits per heavy atom. The number of aromatic nitrogens is 2. The predicted molar refractivity (Wildman–Crippen MR) is 95.0 cm³/mol. The van der Waals surface area contributed by atoms with Gasteiger partial charge in [0.25, 0.3) is 0 Å². The summed E-state index contributed by atoms with van der Waals surface area (Å²) in [5.74, 6) is 0. The van der Waals surface area contributed by atoms with E-state index in [4.69, 9.17) is 0 Å². The van der Waals surface area contributed by atoms with Gasteiger partial charge in [-0.15, -0.1) is 0 Å². The number of sulfonamides is 1. The largest absolute Gasteiger partial charge is 0.366 e. The van der Waals surface area contributed by atoms with Gasteiger partial charge in [-0.1, -0.05) is 17.7 Å². The van der Waals surface area contributed by atoms with Gasteiger partial charge in [0.2, 0.25) is 10.0 Å². The number of piperazine rings is 1. The number of halogens is 2. The second-order valence-electron chi connectivity index (χ2n) is 6.56. The summed E-state index contributed by atoms with van der Waals surface area (Å²) in [6.45, 7) is 3.56. The summed E-state index contributed by atoms with van der Waals surface area (Å²) in [4.78, 5) is 2.00. The number of nitrogens with zero attached hydrogens (tertiary/aromatic N) is 4. The zero-order chi connectivity index (χ0) is 19.1. The lowest BCUT2D eigenvalue weighted by Gasteiger charge is -2.40. The minimum atomic E-state index is -3.86. The molecule has 0 amide bonds. The molecule has 0 aliphatic carbocycles. The van der Waals surface area contributed by atoms with Crippen molar-refractivity contribution in [1.29, 1.82) is 0 Å². The Kier molecular flexibility index (Phi) is 5.03. The molecule has 0 bridgehead atoms. The Morgan fingerprint density at radius 2 is 1.81 bits per heavy atom. The van der Waals surface area contributed by atoms with Crippen LogP contribution in [0.2, 0.25) is 0 Å². The van der Waals surface area contributed by atoms with E-state index >= 15 is 0 Å². The summed E-state index contributed by atoms with van der Waals surface area (Å²) in [6, 6.07) is 8.05. The minimum absolute atomic E-state index is 0.0355. The van der Waals surface area contributed by atoms with E-state index < -0.39 is 16.6 Å². The molecule has 6 nitrogen and oxygen atoms in total. The Bertz CT molecular complexity index is 881. The fourth-order valence-corrected chi connectivity index (χ4v) is 4.92. The molecule has 9 heteroatoms. The topological polar surface area (TPSA) is 58.4 Å². The van der Waals surface area contributed by atoms with Crippen LogP contribution < -0.4 is 4.90 Å². The highest BCUT2D eigenvalue weighted by atomic mass is 32.2. The van der Waals surface area contributed by atoms with Crippen molar-refractivity contribution >= 4 is 15.7 Å². The quantitative estimate of drug-likeness (QED) is 0.813. The maximum Gasteiger partial charge on any atom is 0.333 e. The molecule has 1 atom stereocenters. The summed E-state index contributed by atoms with van der Waals surface area (Å²) >= 11 is 0. The molecule has 26 heavy (non-hydrogen) atoms. The minimum Gasteiger partial charge on any atom is -0.366 e. The highest BCUT2D eigenvalue weighted by Gasteiger charge is 2.35. The number of hydrogen-bond acceptors (Lipinski definition) is 4. The Hall–Kier alpha value is -2.00. The van der Waals surface area contributed by atoms with Gasteiger partial charge in [-0.05, 0) is 32.9 Å². The molecule has 2 aromatic rings. The molecule has 0 radical (unpaired) electrons. The lowest BCUT2D eigenvalue weighted by Crippen LogP contribution is -2.53. The van der Waals surface area contributed by atoms with Crippen LogP contribution in [-0.2, 0) is 10.0 Å². The van der Waals surface area contributed by atoms with Gasteiger partial charge in [-0.3, -0.25) is 0 Å². The number of benzene rings is 1. The second-order valence-corrected chi connectivity index (χ2v) is 8.46. The van der Waals surface area contributed by atoms with Crippen molar-refractivity contribution < 1.29 is 17.2 Å². The highest BCUT2D eigenvalue weighted by Crippen LogP contribution is 2.27. The van der Waals surface area contributed by atoms with Crippen molar-refractivity contribution in [2.24, 2.45) is 0 Å². The first-order valence-corrected chi connectivity index (χ1v) is 9.81. The van der Waals surface area contributed by atoms with Gasteiger partial charge >= 0.3 is 6.55 Å². The number of alkyl halides is 2. The van der Waals surface area contributed by atoms with Crippen LogP contribution in [0.5, 0.6) is 0 Å². The van der Waals surface area contributed by atoms with E-state index in [1.807, 2.05) is 38.1 Å². The van der Waals surface area contributed by atoms with Crippen molar-refractivity contribution in [2.75, 3.05) is 24.5 Å². The van der Waals surface area contributed by atoms with Crippen LogP contribution in [0.15, 0.2) is 35.4 Å². The number of aryl methyl sites for hydroxylation is 1. The molecule has 3 rings (SSSR count). The molecule has 0 saturated carbocycles. The van der Waals surface area contributed by atoms with Crippen molar-refractivity contribution in [3.63, 3.8) is 0 Å². The fourth-order valence-electron chi connectivity index (χ4n) is 3.26. The van der Waals surface area contributed by atoms with E-state index in [-0.39, 0.29) is 23.2 Å². The number of rotatable bonds is 4. The van der Waals surface area contributed by atoms with Crippen molar-refractivity contribution in [3.8, 4) is 0 Å². The summed E-state index contributed by atoms with van der Waals surface area (Å²) in [5, 5.41) is 3.52. The van der Waals surface area contributed by atoms with Gasteiger partial charge in [0.1, 0.15) is 4.90 Å². The summed E-state index contributed by atoms with van der Waals surface area (Å²) < 4.78 is 53.3. The third-order valence-electron chi connectivity index (χ3n) is 4.76. The Labute approximate surface area is 152 Å². The van der Waals surface area contributed by atoms with Crippen LogP contribution in [0.25, 0.3) is 0 Å². The van der Waals surface area contributed by atoms with E-state index in [1.54, 1.807) is 0 Å². The summed E-state index contributed by atoms with van der Waals surface area (Å²) in [7, 11) is -3.86. The van der Waals surface area contributed by atoms with Crippen LogP contribution in [0.4, 0.5) is 14.5 Å². The summed E-state index contributed by atoms with van der Waals surface area (Å²) in [5.41, 5.74) is 2.16. The number of hydrogen-bond donors (Lipinski definition) is 0. The normalized spacial score (nSPS) is 19.3. The maximum absolute atomic E-state index is 12.9. The molecule has 1 fully saturated rings. The first-order valence-electron chi connectivity index (χ1n) is 8.37. The van der Waals surface area contributed by atoms with Gasteiger partial charge in [0.15, 0.2) is 0 Å². The molecule has 0 spiro atoms. The number of anilines is 1. The second kappa shape index (κ2) is 6.96. The zero-order valence-corrected chi connectivity index (χ0v) is 15.7. The summed E-state index contributed by atoms with van der Waals surface area (Å²) in [6.07, 6.45) is 1.01. The standard InChI is InChI=1S/C17H22F2N4O2S/c1-12-4-6-15(7-5-12)22-9-8-21(11-13(22)2)26(24,25)16-10-20-23(14(16)3)17(18)19/h4-7,10,13,17H,8-9,11H2,1-3H3/t13-/m0/s1. The Balaban J connectivity index is 1.80. The van der Waals surface area contributed by atoms with Crippen molar-refractivity contribution in [3.05, 3.63) is 41.7 Å². The van der Waals surface area contributed by atoms with E-state index in [0.29, 0.717) is 17.8 Å². The maximum atomic E-state index is 12.9. The fraction of sp³-hybridized carbons (Fsp3) is 0.471. The molecule has 0 unspecified atom stereocenters. The van der Waals surface area contributed by atoms with Crippen LogP contribution in [0, 0.1) is 13.8 Å². The van der Waals surface area contributed by atoms with Gasteiger partial charge in [-0.25, -0.2) is 13.1 Å². The SMILES string of the molecule is Cc1ccc(N2CCN(S(=O)(=O)c3cnn(C(F)F)c3C)C[C@@H]2C)cc1. The molecule has 1 saturated heterocycles.